The van der Waals surface area contributed by atoms with Crippen LogP contribution in [-0.4, -0.2) is 42.7 Å². The number of H-pyrrole nitrogens is 1. The second kappa shape index (κ2) is 7.93. The number of hydrogen-bond acceptors (Lipinski definition) is 3. The molecule has 5 rings (SSSR count). The van der Waals surface area contributed by atoms with E-state index in [0.29, 0.717) is 26.2 Å². The molecule has 0 unspecified atom stereocenters. The molecule has 0 aliphatic carbocycles. The lowest BCUT2D eigenvalue weighted by atomic mass is 9.83. The van der Waals surface area contributed by atoms with Crippen molar-refractivity contribution in [1.82, 2.24) is 15.2 Å². The molecule has 0 atom stereocenters. The van der Waals surface area contributed by atoms with E-state index in [2.05, 4.69) is 41.5 Å². The number of aromatic amines is 1. The topological polar surface area (TPSA) is 66.6 Å². The molecule has 6 nitrogen and oxygen atoms in total. The molecule has 2 aromatic carbocycles. The van der Waals surface area contributed by atoms with E-state index < -0.39 is 0 Å². The first-order valence-electron chi connectivity index (χ1n) is 11.0. The molecule has 0 bridgehead atoms. The summed E-state index contributed by atoms with van der Waals surface area (Å²) in [7, 11) is 1.70. The molecule has 1 fully saturated rings. The van der Waals surface area contributed by atoms with Crippen LogP contribution in [0, 0.1) is 6.92 Å². The van der Waals surface area contributed by atoms with Crippen LogP contribution in [0.5, 0.6) is 5.75 Å². The number of benzene rings is 2. The van der Waals surface area contributed by atoms with E-state index in [9.17, 15) is 4.79 Å². The van der Waals surface area contributed by atoms with Gasteiger partial charge < -0.3 is 24.7 Å². The van der Waals surface area contributed by atoms with E-state index in [4.69, 9.17) is 9.47 Å². The molecule has 1 aromatic heterocycles. The largest absolute Gasteiger partial charge is 0.497 e. The fourth-order valence-electron chi connectivity index (χ4n) is 4.98. The van der Waals surface area contributed by atoms with Crippen LogP contribution in [0.15, 0.2) is 42.5 Å². The Morgan fingerprint density at radius 1 is 1.23 bits per heavy atom. The van der Waals surface area contributed by atoms with Gasteiger partial charge in [0, 0.05) is 30.5 Å². The molecule has 0 saturated carbocycles. The smallest absolute Gasteiger partial charge is 0.317 e. The number of methoxy groups -OCH3 is 1. The van der Waals surface area contributed by atoms with Gasteiger partial charge in [-0.2, -0.15) is 0 Å². The lowest BCUT2D eigenvalue weighted by Crippen LogP contribution is -2.50. The number of nitrogens with zero attached hydrogens (tertiary/aromatic N) is 1. The summed E-state index contributed by atoms with van der Waals surface area (Å²) in [5.74, 6) is 0.870. The van der Waals surface area contributed by atoms with Gasteiger partial charge in [-0.25, -0.2) is 4.79 Å². The number of ether oxygens (including phenoxy) is 2. The molecule has 6 heteroatoms. The maximum absolute atomic E-state index is 12.8. The summed E-state index contributed by atoms with van der Waals surface area (Å²) in [6, 6.07) is 14.3. The quantitative estimate of drug-likeness (QED) is 0.667. The molecule has 2 N–H and O–H groups in total. The molecule has 3 heterocycles. The van der Waals surface area contributed by atoms with Gasteiger partial charge in [-0.15, -0.1) is 0 Å². The number of likely N-dealkylation sites (tertiary alicyclic amines) is 1. The third-order valence-corrected chi connectivity index (χ3v) is 6.85. The van der Waals surface area contributed by atoms with E-state index >= 15 is 0 Å². The van der Waals surface area contributed by atoms with Crippen molar-refractivity contribution in [3.8, 4) is 5.75 Å². The number of nitrogens with one attached hydrogen (secondary N) is 2. The third-order valence-electron chi connectivity index (χ3n) is 6.85. The first-order chi connectivity index (χ1) is 15.1. The highest BCUT2D eigenvalue weighted by molar-refractivity contribution is 5.86. The Hall–Kier alpha value is -2.99. The highest BCUT2D eigenvalue weighted by atomic mass is 16.5. The minimum absolute atomic E-state index is 0.00415. The molecular weight excluding hydrogens is 390 g/mol. The van der Waals surface area contributed by atoms with Crippen molar-refractivity contribution in [2.75, 3.05) is 26.8 Å². The summed E-state index contributed by atoms with van der Waals surface area (Å²) in [4.78, 5) is 18.3. The van der Waals surface area contributed by atoms with Crippen molar-refractivity contribution in [3.05, 3.63) is 64.8 Å². The van der Waals surface area contributed by atoms with Crippen LogP contribution in [-0.2, 0) is 23.3 Å². The zero-order valence-corrected chi connectivity index (χ0v) is 18.2. The van der Waals surface area contributed by atoms with Gasteiger partial charge in [0.15, 0.2) is 0 Å². The first-order valence-corrected chi connectivity index (χ1v) is 11.0. The molecule has 1 spiro atoms. The summed E-state index contributed by atoms with van der Waals surface area (Å²) in [6.45, 7) is 4.68. The zero-order valence-electron chi connectivity index (χ0n) is 18.2. The van der Waals surface area contributed by atoms with Crippen molar-refractivity contribution in [1.29, 1.82) is 0 Å². The fourth-order valence-corrected chi connectivity index (χ4v) is 4.98. The van der Waals surface area contributed by atoms with Crippen molar-refractivity contribution in [3.63, 3.8) is 0 Å². The first kappa shape index (κ1) is 19.9. The van der Waals surface area contributed by atoms with Crippen LogP contribution in [0.1, 0.15) is 35.2 Å². The van der Waals surface area contributed by atoms with Crippen LogP contribution in [0.25, 0.3) is 10.9 Å². The molecule has 31 heavy (non-hydrogen) atoms. The minimum Gasteiger partial charge on any atom is -0.497 e. The molecule has 0 radical (unpaired) electrons. The third kappa shape index (κ3) is 3.55. The van der Waals surface area contributed by atoms with E-state index in [0.717, 1.165) is 36.1 Å². The SMILES string of the molecule is COc1ccc2[nH]c3c(c2c1)CCOC31CCN(C(=O)NCc2ccccc2C)CC1. The lowest BCUT2D eigenvalue weighted by Gasteiger charge is -2.43. The molecule has 162 valence electrons. The van der Waals surface area contributed by atoms with Gasteiger partial charge in [-0.1, -0.05) is 24.3 Å². The normalized spacial score (nSPS) is 17.5. The predicted molar refractivity (Wildman–Crippen MR) is 120 cm³/mol. The predicted octanol–water partition coefficient (Wildman–Crippen LogP) is 4.26. The number of carbonyl (C=O) groups is 1. The highest BCUT2D eigenvalue weighted by Gasteiger charge is 2.43. The fraction of sp³-hybridized carbons (Fsp3) is 0.400. The molecule has 2 aliphatic rings. The molecule has 2 aliphatic heterocycles. The van der Waals surface area contributed by atoms with Crippen molar-refractivity contribution < 1.29 is 14.3 Å². The van der Waals surface area contributed by atoms with Crippen LogP contribution < -0.4 is 10.1 Å². The maximum atomic E-state index is 12.8. The number of hydrogen-bond donors (Lipinski definition) is 2. The summed E-state index contributed by atoms with van der Waals surface area (Å²) in [5, 5.41) is 4.30. The van der Waals surface area contributed by atoms with Crippen LogP contribution >= 0.6 is 0 Å². The lowest BCUT2D eigenvalue weighted by molar-refractivity contribution is -0.0948. The number of urea groups is 1. The van der Waals surface area contributed by atoms with Gasteiger partial charge in [-0.05, 0) is 61.1 Å². The van der Waals surface area contributed by atoms with E-state index in [1.165, 1.54) is 22.2 Å². The standard InChI is InChI=1S/C25H29N3O3/c1-17-5-3-4-6-18(17)16-26-24(29)28-12-10-25(11-13-28)23-20(9-14-31-25)21-15-19(30-2)7-8-22(21)27-23/h3-8,15,27H,9-14,16H2,1-2H3,(H,26,29). The monoisotopic (exact) mass is 419 g/mol. The average molecular weight is 420 g/mol. The van der Waals surface area contributed by atoms with Crippen LogP contribution in [0.4, 0.5) is 4.79 Å². The summed E-state index contributed by atoms with van der Waals surface area (Å²) in [6.07, 6.45) is 2.48. The second-order valence-electron chi connectivity index (χ2n) is 8.56. The summed E-state index contributed by atoms with van der Waals surface area (Å²) >= 11 is 0. The Morgan fingerprint density at radius 3 is 2.81 bits per heavy atom. The van der Waals surface area contributed by atoms with Crippen molar-refractivity contribution in [2.45, 2.75) is 38.3 Å². The zero-order chi connectivity index (χ0) is 21.4. The Kier molecular flexibility index (Phi) is 5.10. The van der Waals surface area contributed by atoms with Gasteiger partial charge in [0.05, 0.1) is 19.4 Å². The molecule has 2 amide bonds. The number of aryl methyl sites for hydroxylation is 1. The Morgan fingerprint density at radius 2 is 2.03 bits per heavy atom. The summed E-state index contributed by atoms with van der Waals surface area (Å²) < 4.78 is 11.8. The molecule has 3 aromatic rings. The number of rotatable bonds is 3. The molecule has 1 saturated heterocycles. The van der Waals surface area contributed by atoms with Crippen LogP contribution in [0.2, 0.25) is 0 Å². The number of amides is 2. The Labute approximate surface area is 182 Å². The average Bonchev–Trinajstić information content (AvgIpc) is 3.18. The van der Waals surface area contributed by atoms with Gasteiger partial charge in [-0.3, -0.25) is 0 Å². The number of piperidine rings is 1. The minimum atomic E-state index is -0.341. The summed E-state index contributed by atoms with van der Waals surface area (Å²) in [5.41, 5.74) is 5.64. The number of carbonyl (C=O) groups excluding carboxylic acids is 1. The second-order valence-corrected chi connectivity index (χ2v) is 8.56. The Bertz CT molecular complexity index is 1110. The van der Waals surface area contributed by atoms with E-state index in [1.54, 1.807) is 7.11 Å². The Balaban J connectivity index is 1.30. The molecular formula is C25H29N3O3. The highest BCUT2D eigenvalue weighted by Crippen LogP contribution is 2.44. The van der Waals surface area contributed by atoms with E-state index in [1.807, 2.05) is 23.1 Å². The van der Waals surface area contributed by atoms with Crippen molar-refractivity contribution in [2.24, 2.45) is 0 Å². The number of aromatic nitrogens is 1. The van der Waals surface area contributed by atoms with Gasteiger partial charge in [0.25, 0.3) is 0 Å². The van der Waals surface area contributed by atoms with Crippen LogP contribution in [0.3, 0.4) is 0 Å². The van der Waals surface area contributed by atoms with E-state index in [-0.39, 0.29) is 11.6 Å². The number of fused-ring (bicyclic) bond motifs is 4. The van der Waals surface area contributed by atoms with Crippen molar-refractivity contribution >= 4 is 16.9 Å². The maximum Gasteiger partial charge on any atom is 0.317 e. The van der Waals surface area contributed by atoms with Gasteiger partial charge in [0.1, 0.15) is 11.4 Å². The van der Waals surface area contributed by atoms with Gasteiger partial charge >= 0.3 is 6.03 Å². The van der Waals surface area contributed by atoms with Gasteiger partial charge in [0.2, 0.25) is 0 Å².